The lowest BCUT2D eigenvalue weighted by Crippen LogP contribution is -2.23. The summed E-state index contributed by atoms with van der Waals surface area (Å²) in [7, 11) is 0. The van der Waals surface area contributed by atoms with Crippen LogP contribution in [0, 0.1) is 0 Å². The van der Waals surface area contributed by atoms with Crippen LogP contribution in [-0.4, -0.2) is 0 Å². The van der Waals surface area contributed by atoms with E-state index in [0.29, 0.717) is 0 Å². The van der Waals surface area contributed by atoms with Gasteiger partial charge in [-0.3, -0.25) is 0 Å². The molecule has 1 aliphatic heterocycles. The molecule has 3 aromatic carbocycles. The lowest BCUT2D eigenvalue weighted by Gasteiger charge is -2.19. The second kappa shape index (κ2) is 7.02. The van der Waals surface area contributed by atoms with Crippen molar-refractivity contribution in [2.24, 2.45) is 0 Å². The molecule has 1 N–H and O–H groups in total. The molecular weight excluding hydrogens is 334 g/mol. The van der Waals surface area contributed by atoms with E-state index < -0.39 is 0 Å². The number of halogens is 1. The minimum atomic E-state index is 0.286. The molecule has 1 atom stereocenters. The average molecular weight is 352 g/mol. The summed E-state index contributed by atoms with van der Waals surface area (Å²) >= 11 is 8.07. The molecule has 0 fully saturated rings. The topological polar surface area (TPSA) is 12.0 Å². The SMILES string of the molecule is Clc1ccc2c(c1)C[C@@H](NCc1ccccc1)c1ccccc1S2. The van der Waals surface area contributed by atoms with Crippen molar-refractivity contribution in [2.45, 2.75) is 28.8 Å². The third-order valence-electron chi connectivity index (χ3n) is 4.36. The molecule has 0 unspecified atom stereocenters. The summed E-state index contributed by atoms with van der Waals surface area (Å²) in [6.45, 7) is 0.862. The summed E-state index contributed by atoms with van der Waals surface area (Å²) in [5.41, 5.74) is 3.98. The molecule has 1 heterocycles. The van der Waals surface area contributed by atoms with Crippen molar-refractivity contribution in [3.05, 3.63) is 94.5 Å². The molecule has 120 valence electrons. The minimum Gasteiger partial charge on any atom is -0.306 e. The van der Waals surface area contributed by atoms with Gasteiger partial charge in [0, 0.05) is 27.4 Å². The van der Waals surface area contributed by atoms with Gasteiger partial charge in [0.25, 0.3) is 0 Å². The van der Waals surface area contributed by atoms with Crippen molar-refractivity contribution < 1.29 is 0 Å². The highest BCUT2D eigenvalue weighted by Crippen LogP contribution is 2.41. The first kappa shape index (κ1) is 15.8. The van der Waals surface area contributed by atoms with Crippen LogP contribution >= 0.6 is 23.4 Å². The summed E-state index contributed by atoms with van der Waals surface area (Å²) in [4.78, 5) is 2.62. The normalized spacial score (nSPS) is 16.1. The minimum absolute atomic E-state index is 0.286. The van der Waals surface area contributed by atoms with Crippen LogP contribution in [0.1, 0.15) is 22.7 Å². The zero-order chi connectivity index (χ0) is 16.4. The quantitative estimate of drug-likeness (QED) is 0.632. The zero-order valence-corrected chi connectivity index (χ0v) is 14.8. The van der Waals surface area contributed by atoms with Crippen molar-refractivity contribution in [3.8, 4) is 0 Å². The first-order valence-electron chi connectivity index (χ1n) is 8.12. The van der Waals surface area contributed by atoms with Crippen molar-refractivity contribution in [3.63, 3.8) is 0 Å². The van der Waals surface area contributed by atoms with Crippen LogP contribution in [0.4, 0.5) is 0 Å². The fourth-order valence-corrected chi connectivity index (χ4v) is 4.45. The molecule has 0 spiro atoms. The van der Waals surface area contributed by atoms with Crippen LogP contribution in [0.5, 0.6) is 0 Å². The molecule has 0 radical (unpaired) electrons. The summed E-state index contributed by atoms with van der Waals surface area (Å²) in [6, 6.07) is 25.7. The predicted octanol–water partition coefficient (Wildman–Crippen LogP) is 5.88. The second-order valence-electron chi connectivity index (χ2n) is 6.02. The molecule has 0 bridgehead atoms. The maximum atomic E-state index is 6.23. The molecule has 3 aromatic rings. The van der Waals surface area contributed by atoms with E-state index in [9.17, 15) is 0 Å². The summed E-state index contributed by atoms with van der Waals surface area (Å²) in [5.74, 6) is 0. The van der Waals surface area contributed by atoms with Crippen LogP contribution in [0.2, 0.25) is 5.02 Å². The number of nitrogens with one attached hydrogen (secondary N) is 1. The molecule has 1 nitrogen and oxygen atoms in total. The lowest BCUT2D eigenvalue weighted by atomic mass is 9.98. The number of fused-ring (bicyclic) bond motifs is 2. The van der Waals surface area contributed by atoms with E-state index in [1.54, 1.807) is 0 Å². The molecule has 0 saturated heterocycles. The summed E-state index contributed by atoms with van der Waals surface area (Å²) in [5, 5.41) is 4.55. The van der Waals surface area contributed by atoms with E-state index in [1.807, 2.05) is 17.8 Å². The maximum absolute atomic E-state index is 6.23. The first-order chi connectivity index (χ1) is 11.8. The Bertz CT molecular complexity index is 847. The molecule has 3 heteroatoms. The number of benzene rings is 3. The average Bonchev–Trinajstić information content (AvgIpc) is 2.77. The second-order valence-corrected chi connectivity index (χ2v) is 7.54. The van der Waals surface area contributed by atoms with Gasteiger partial charge in [-0.05, 0) is 47.4 Å². The van der Waals surface area contributed by atoms with Gasteiger partial charge in [0.05, 0.1) is 0 Å². The monoisotopic (exact) mass is 351 g/mol. The van der Waals surface area contributed by atoms with Gasteiger partial charge in [0.15, 0.2) is 0 Å². The smallest absolute Gasteiger partial charge is 0.0409 e. The van der Waals surface area contributed by atoms with Gasteiger partial charge in [-0.2, -0.15) is 0 Å². The fourth-order valence-electron chi connectivity index (χ4n) is 3.14. The van der Waals surface area contributed by atoms with E-state index in [4.69, 9.17) is 11.6 Å². The first-order valence-corrected chi connectivity index (χ1v) is 9.31. The van der Waals surface area contributed by atoms with Gasteiger partial charge < -0.3 is 5.32 Å². The molecule has 24 heavy (non-hydrogen) atoms. The predicted molar refractivity (Wildman–Crippen MR) is 102 cm³/mol. The highest BCUT2D eigenvalue weighted by Gasteiger charge is 2.22. The Hall–Kier alpha value is -1.74. The summed E-state index contributed by atoms with van der Waals surface area (Å²) < 4.78 is 0. The Morgan fingerprint density at radius 1 is 0.917 bits per heavy atom. The lowest BCUT2D eigenvalue weighted by molar-refractivity contribution is 0.523. The molecule has 0 amide bonds. The van der Waals surface area contributed by atoms with Crippen molar-refractivity contribution in [1.29, 1.82) is 0 Å². The van der Waals surface area contributed by atoms with Gasteiger partial charge in [-0.1, -0.05) is 71.9 Å². The number of rotatable bonds is 3. The Morgan fingerprint density at radius 3 is 2.58 bits per heavy atom. The molecule has 0 aromatic heterocycles. The van der Waals surface area contributed by atoms with E-state index in [0.717, 1.165) is 18.0 Å². The summed E-state index contributed by atoms with van der Waals surface area (Å²) in [6.07, 6.45) is 0.951. The van der Waals surface area contributed by atoms with Crippen molar-refractivity contribution in [2.75, 3.05) is 0 Å². The van der Waals surface area contributed by atoms with E-state index in [-0.39, 0.29) is 6.04 Å². The zero-order valence-electron chi connectivity index (χ0n) is 13.2. The molecule has 1 aliphatic rings. The Morgan fingerprint density at radius 2 is 1.71 bits per heavy atom. The van der Waals surface area contributed by atoms with Crippen LogP contribution in [-0.2, 0) is 13.0 Å². The Balaban J connectivity index is 1.66. The Kier molecular flexibility index (Phi) is 4.61. The maximum Gasteiger partial charge on any atom is 0.0409 e. The Labute approximate surface area is 152 Å². The van der Waals surface area contributed by atoms with Crippen LogP contribution < -0.4 is 5.32 Å². The van der Waals surface area contributed by atoms with Gasteiger partial charge in [-0.15, -0.1) is 0 Å². The fraction of sp³-hybridized carbons (Fsp3) is 0.143. The van der Waals surface area contributed by atoms with Gasteiger partial charge in [0.2, 0.25) is 0 Å². The molecule has 0 aliphatic carbocycles. The molecule has 0 saturated carbocycles. The van der Waals surface area contributed by atoms with Crippen molar-refractivity contribution in [1.82, 2.24) is 5.32 Å². The highest BCUT2D eigenvalue weighted by atomic mass is 35.5. The van der Waals surface area contributed by atoms with Crippen LogP contribution in [0.25, 0.3) is 0 Å². The van der Waals surface area contributed by atoms with Crippen LogP contribution in [0.15, 0.2) is 82.6 Å². The van der Waals surface area contributed by atoms with E-state index in [2.05, 4.69) is 72.0 Å². The number of hydrogen-bond donors (Lipinski definition) is 1. The highest BCUT2D eigenvalue weighted by molar-refractivity contribution is 7.99. The van der Waals surface area contributed by atoms with Gasteiger partial charge in [0.1, 0.15) is 0 Å². The van der Waals surface area contributed by atoms with E-state index in [1.165, 1.54) is 26.5 Å². The number of hydrogen-bond acceptors (Lipinski definition) is 2. The third kappa shape index (κ3) is 3.36. The molecular formula is C21H18ClNS. The molecule has 4 rings (SSSR count). The van der Waals surface area contributed by atoms with Gasteiger partial charge in [-0.25, -0.2) is 0 Å². The van der Waals surface area contributed by atoms with E-state index >= 15 is 0 Å². The largest absolute Gasteiger partial charge is 0.306 e. The van der Waals surface area contributed by atoms with Gasteiger partial charge >= 0.3 is 0 Å². The van der Waals surface area contributed by atoms with Crippen molar-refractivity contribution >= 4 is 23.4 Å². The third-order valence-corrected chi connectivity index (χ3v) is 5.80. The van der Waals surface area contributed by atoms with Crippen LogP contribution in [0.3, 0.4) is 0 Å². The standard InChI is InChI=1S/C21H18ClNS/c22-17-10-11-20-16(12-17)13-19(18-8-4-5-9-21(18)24-20)23-14-15-6-2-1-3-7-15/h1-12,19,23H,13-14H2/t19-/m1/s1.